The maximum atomic E-state index is 12.2. The predicted molar refractivity (Wildman–Crippen MR) is 114 cm³/mol. The molecule has 1 aliphatic heterocycles. The molecule has 6 nitrogen and oxygen atoms in total. The Bertz CT molecular complexity index is 1060. The molecule has 0 fully saturated rings. The number of anilines is 1. The third-order valence-electron chi connectivity index (χ3n) is 4.47. The molecule has 1 aliphatic rings. The first-order valence-electron chi connectivity index (χ1n) is 8.69. The van der Waals surface area contributed by atoms with E-state index >= 15 is 0 Å². The Labute approximate surface area is 175 Å². The molecule has 2 aromatic carbocycles. The van der Waals surface area contributed by atoms with Crippen LogP contribution in [0, 0.1) is 0 Å². The molecule has 3 N–H and O–H groups in total. The Morgan fingerprint density at radius 2 is 2.04 bits per heavy atom. The molecular formula is C20H18BrN5OS. The Morgan fingerprint density at radius 1 is 1.25 bits per heavy atom. The van der Waals surface area contributed by atoms with Crippen molar-refractivity contribution in [3.63, 3.8) is 0 Å². The Morgan fingerprint density at radius 3 is 2.75 bits per heavy atom. The molecule has 142 valence electrons. The van der Waals surface area contributed by atoms with Crippen molar-refractivity contribution < 1.29 is 4.79 Å². The summed E-state index contributed by atoms with van der Waals surface area (Å²) in [4.78, 5) is 16.8. The van der Waals surface area contributed by atoms with E-state index in [1.807, 2.05) is 49.4 Å². The number of rotatable bonds is 5. The first-order valence-corrected chi connectivity index (χ1v) is 10.5. The number of nitrogens with two attached hydrogens (primary N) is 1. The van der Waals surface area contributed by atoms with Crippen LogP contribution >= 0.6 is 27.7 Å². The standard InChI is InChI=1S/C20H18BrN5OS/c1-12-16(18(22)27)17(14-8-5-9-15(21)10-14)26-19(23-12)24-20(25-26)28-11-13-6-3-2-4-7-13/h2-10,17H,11H2,1H3,(H2,22,27)(H,23,24,25)/t17-/m1/s1. The van der Waals surface area contributed by atoms with Gasteiger partial charge in [0.1, 0.15) is 6.04 Å². The summed E-state index contributed by atoms with van der Waals surface area (Å²) in [6.45, 7) is 1.83. The number of primary amides is 1. The van der Waals surface area contributed by atoms with Crippen LogP contribution in [-0.2, 0) is 10.5 Å². The van der Waals surface area contributed by atoms with Gasteiger partial charge in [-0.15, -0.1) is 5.10 Å². The lowest BCUT2D eigenvalue weighted by Gasteiger charge is -2.27. The lowest BCUT2D eigenvalue weighted by molar-refractivity contribution is -0.115. The van der Waals surface area contributed by atoms with E-state index in [-0.39, 0.29) is 0 Å². The largest absolute Gasteiger partial charge is 0.366 e. The molecule has 0 aliphatic carbocycles. The first-order chi connectivity index (χ1) is 13.5. The van der Waals surface area contributed by atoms with Gasteiger partial charge >= 0.3 is 0 Å². The highest BCUT2D eigenvalue weighted by molar-refractivity contribution is 9.10. The van der Waals surface area contributed by atoms with Crippen LogP contribution in [0.3, 0.4) is 0 Å². The van der Waals surface area contributed by atoms with Gasteiger partial charge in [0, 0.05) is 15.9 Å². The summed E-state index contributed by atoms with van der Waals surface area (Å²) >= 11 is 5.05. The minimum atomic E-state index is -0.477. The number of nitrogens with zero attached hydrogens (tertiary/aromatic N) is 3. The van der Waals surface area contributed by atoms with E-state index in [2.05, 4.69) is 43.5 Å². The molecule has 0 bridgehead atoms. The van der Waals surface area contributed by atoms with Gasteiger partial charge in [0.25, 0.3) is 0 Å². The van der Waals surface area contributed by atoms with Crippen LogP contribution in [0.1, 0.15) is 24.1 Å². The van der Waals surface area contributed by atoms with Gasteiger partial charge in [-0.05, 0) is 30.2 Å². The third-order valence-corrected chi connectivity index (χ3v) is 5.88. The number of aromatic nitrogens is 3. The van der Waals surface area contributed by atoms with Gasteiger partial charge in [0.05, 0.1) is 5.57 Å². The van der Waals surface area contributed by atoms with Crippen molar-refractivity contribution in [2.45, 2.75) is 23.9 Å². The van der Waals surface area contributed by atoms with Gasteiger partial charge in [-0.2, -0.15) is 4.98 Å². The smallest absolute Gasteiger partial charge is 0.248 e. The third kappa shape index (κ3) is 3.70. The molecule has 0 unspecified atom stereocenters. The fourth-order valence-corrected chi connectivity index (χ4v) is 4.42. The van der Waals surface area contributed by atoms with Crippen molar-refractivity contribution >= 4 is 39.5 Å². The molecule has 2 heterocycles. The second-order valence-corrected chi connectivity index (χ2v) is 8.28. The molecular weight excluding hydrogens is 438 g/mol. The molecule has 28 heavy (non-hydrogen) atoms. The van der Waals surface area contributed by atoms with Crippen LogP contribution in [0.4, 0.5) is 5.95 Å². The summed E-state index contributed by atoms with van der Waals surface area (Å²) in [5.74, 6) is 0.888. The van der Waals surface area contributed by atoms with Crippen molar-refractivity contribution in [3.05, 3.63) is 81.5 Å². The number of hydrogen-bond acceptors (Lipinski definition) is 5. The molecule has 4 rings (SSSR count). The highest BCUT2D eigenvalue weighted by Gasteiger charge is 2.33. The van der Waals surface area contributed by atoms with E-state index in [9.17, 15) is 4.79 Å². The molecule has 0 saturated carbocycles. The van der Waals surface area contributed by atoms with E-state index in [1.165, 1.54) is 5.56 Å². The summed E-state index contributed by atoms with van der Waals surface area (Å²) in [5, 5.41) is 8.48. The number of amides is 1. The Kier molecular flexibility index (Phi) is 5.23. The Hall–Kier alpha value is -2.58. The number of nitrogens with one attached hydrogen (secondary N) is 1. The van der Waals surface area contributed by atoms with Gasteiger partial charge in [-0.1, -0.05) is 70.2 Å². The molecule has 8 heteroatoms. The lowest BCUT2D eigenvalue weighted by atomic mass is 9.95. The van der Waals surface area contributed by atoms with Gasteiger partial charge in [0.15, 0.2) is 0 Å². The van der Waals surface area contributed by atoms with Crippen molar-refractivity contribution in [2.24, 2.45) is 5.73 Å². The molecule has 1 aromatic heterocycles. The van der Waals surface area contributed by atoms with E-state index in [4.69, 9.17) is 5.73 Å². The van der Waals surface area contributed by atoms with Crippen LogP contribution in [0.5, 0.6) is 0 Å². The zero-order valence-corrected chi connectivity index (χ0v) is 17.5. The van der Waals surface area contributed by atoms with Crippen molar-refractivity contribution in [1.82, 2.24) is 14.8 Å². The summed E-state index contributed by atoms with van der Waals surface area (Å²) in [6, 6.07) is 17.5. The fourth-order valence-electron chi connectivity index (χ4n) is 3.22. The van der Waals surface area contributed by atoms with Gasteiger partial charge in [-0.25, -0.2) is 4.68 Å². The van der Waals surface area contributed by atoms with Crippen LogP contribution in [0.2, 0.25) is 0 Å². The summed E-state index contributed by atoms with van der Waals surface area (Å²) in [7, 11) is 0. The minimum Gasteiger partial charge on any atom is -0.366 e. The van der Waals surface area contributed by atoms with E-state index in [0.717, 1.165) is 15.8 Å². The average molecular weight is 456 g/mol. The van der Waals surface area contributed by atoms with Crippen LogP contribution < -0.4 is 11.1 Å². The molecule has 3 aromatic rings. The second kappa shape index (κ2) is 7.81. The van der Waals surface area contributed by atoms with E-state index < -0.39 is 11.9 Å². The Balaban J connectivity index is 1.71. The van der Waals surface area contributed by atoms with Gasteiger partial charge in [0.2, 0.25) is 17.0 Å². The predicted octanol–water partition coefficient (Wildman–Crippen LogP) is 4.11. The number of allylic oxidation sites excluding steroid dienone is 1. The second-order valence-electron chi connectivity index (χ2n) is 6.42. The summed E-state index contributed by atoms with van der Waals surface area (Å²) < 4.78 is 2.66. The molecule has 0 spiro atoms. The van der Waals surface area contributed by atoms with Crippen molar-refractivity contribution in [2.75, 3.05) is 5.32 Å². The maximum Gasteiger partial charge on any atom is 0.248 e. The van der Waals surface area contributed by atoms with Crippen molar-refractivity contribution in [3.8, 4) is 0 Å². The van der Waals surface area contributed by atoms with E-state index in [0.29, 0.717) is 22.4 Å². The number of fused-ring (bicyclic) bond motifs is 1. The number of benzene rings is 2. The number of carbonyl (C=O) groups is 1. The van der Waals surface area contributed by atoms with Gasteiger partial charge in [-0.3, -0.25) is 4.79 Å². The number of carbonyl (C=O) groups excluding carboxylic acids is 1. The summed E-state index contributed by atoms with van der Waals surface area (Å²) in [6.07, 6.45) is 0. The molecule has 0 radical (unpaired) electrons. The van der Waals surface area contributed by atoms with Crippen LogP contribution in [-0.4, -0.2) is 20.7 Å². The quantitative estimate of drug-likeness (QED) is 0.565. The lowest BCUT2D eigenvalue weighted by Crippen LogP contribution is -2.31. The highest BCUT2D eigenvalue weighted by atomic mass is 79.9. The highest BCUT2D eigenvalue weighted by Crippen LogP contribution is 2.36. The molecule has 1 atom stereocenters. The first kappa shape index (κ1) is 18.8. The zero-order chi connectivity index (χ0) is 19.7. The maximum absolute atomic E-state index is 12.2. The number of thioether (sulfide) groups is 1. The fraction of sp³-hybridized carbons (Fsp3) is 0.150. The minimum absolute atomic E-state index is 0.426. The summed E-state index contributed by atoms with van der Waals surface area (Å²) in [5.41, 5.74) is 8.99. The van der Waals surface area contributed by atoms with E-state index in [1.54, 1.807) is 16.4 Å². The molecule has 0 saturated heterocycles. The SMILES string of the molecule is CC1=C(C(N)=O)[C@@H](c2cccc(Br)c2)n2nc(SCc3ccccc3)nc2N1. The van der Waals surface area contributed by atoms with Crippen LogP contribution in [0.25, 0.3) is 0 Å². The number of hydrogen-bond donors (Lipinski definition) is 2. The zero-order valence-electron chi connectivity index (χ0n) is 15.1. The topological polar surface area (TPSA) is 85.8 Å². The van der Waals surface area contributed by atoms with Crippen molar-refractivity contribution in [1.29, 1.82) is 0 Å². The molecule has 1 amide bonds. The average Bonchev–Trinajstić information content (AvgIpc) is 3.08. The van der Waals surface area contributed by atoms with Crippen LogP contribution in [0.15, 0.2) is 75.5 Å². The monoisotopic (exact) mass is 455 g/mol. The number of halogens is 1. The normalized spacial score (nSPS) is 15.9. The van der Waals surface area contributed by atoms with Gasteiger partial charge < -0.3 is 11.1 Å².